The van der Waals surface area contributed by atoms with E-state index in [4.69, 9.17) is 0 Å². The Morgan fingerprint density at radius 2 is 1.78 bits per heavy atom. The summed E-state index contributed by atoms with van der Waals surface area (Å²) in [5.74, 6) is -0.238. The molecule has 0 unspecified atom stereocenters. The number of benzene rings is 1. The van der Waals surface area contributed by atoms with E-state index in [0.29, 0.717) is 0 Å². The second-order valence-corrected chi connectivity index (χ2v) is 12.1. The molecule has 6 nitrogen and oxygen atoms in total. The van der Waals surface area contributed by atoms with E-state index in [2.05, 4.69) is 116 Å². The Hall–Kier alpha value is -4.33. The SMILES string of the molecule is C=C\C(=C/C(=C\C)C(/C)=C/C=c1/[nH]nc(-c2cc3c(-c4cc(F)cc(CCCN(C)C)c4)cncc3[nH]2)c1=C)CCCN(C)C. The third-order valence-electron chi connectivity index (χ3n) is 7.98. The molecular weight excluding hydrogens is 559 g/mol. The van der Waals surface area contributed by atoms with Gasteiger partial charge in [-0.05, 0) is 133 Å². The molecule has 0 aliphatic rings. The van der Waals surface area contributed by atoms with Crippen LogP contribution in [0.3, 0.4) is 0 Å². The summed E-state index contributed by atoms with van der Waals surface area (Å²) in [5, 5.41) is 10.3. The second-order valence-electron chi connectivity index (χ2n) is 12.1. The normalized spacial score (nSPS) is 13.5. The fourth-order valence-corrected chi connectivity index (χ4v) is 5.46. The molecule has 0 saturated heterocycles. The number of aromatic nitrogens is 4. The van der Waals surface area contributed by atoms with E-state index in [1.807, 2.05) is 12.2 Å². The van der Waals surface area contributed by atoms with E-state index < -0.39 is 0 Å². The predicted octanol–water partition coefficient (Wildman–Crippen LogP) is 6.79. The standard InChI is InChI=1S/C38H47FN6/c1-9-28(13-11-17-44(5)6)19-30(10-2)26(3)15-16-35-27(4)38(43-42-35)36-23-33-34(24-40-25-37(33)41-36)31-20-29(21-32(39)22-31)14-12-18-45(7)8/h9-10,15-16,19-25,41-42H,1,4,11-14,17-18H2,2-3,5-8H3/b26-15+,28-19+,30-10+,35-16+. The highest BCUT2D eigenvalue weighted by Gasteiger charge is 2.13. The van der Waals surface area contributed by atoms with Crippen molar-refractivity contribution < 1.29 is 4.39 Å². The number of rotatable bonds is 14. The van der Waals surface area contributed by atoms with E-state index in [1.54, 1.807) is 24.5 Å². The second kappa shape index (κ2) is 15.6. The molecule has 4 aromatic rings. The van der Waals surface area contributed by atoms with Crippen molar-refractivity contribution in [1.82, 2.24) is 30.0 Å². The van der Waals surface area contributed by atoms with Gasteiger partial charge in [-0.2, -0.15) is 5.10 Å². The Kier molecular flexibility index (Phi) is 11.6. The van der Waals surface area contributed by atoms with Gasteiger partial charge in [0.1, 0.15) is 11.5 Å². The number of halogens is 1. The molecule has 0 aliphatic carbocycles. The average molecular weight is 607 g/mol. The lowest BCUT2D eigenvalue weighted by molar-refractivity contribution is 0.400. The number of allylic oxidation sites excluding steroid dienone is 7. The number of H-pyrrole nitrogens is 2. The zero-order valence-corrected chi connectivity index (χ0v) is 27.7. The van der Waals surface area contributed by atoms with Crippen molar-refractivity contribution >= 4 is 23.6 Å². The van der Waals surface area contributed by atoms with Gasteiger partial charge in [-0.3, -0.25) is 10.1 Å². The van der Waals surface area contributed by atoms with Gasteiger partial charge in [0.25, 0.3) is 0 Å². The molecule has 2 N–H and O–H groups in total. The number of pyridine rings is 1. The lowest BCUT2D eigenvalue weighted by Crippen LogP contribution is -2.21. The molecule has 0 atom stereocenters. The Morgan fingerprint density at radius 1 is 1.02 bits per heavy atom. The fraction of sp³-hybridized carbons (Fsp3) is 0.316. The Balaban J connectivity index is 1.61. The smallest absolute Gasteiger partial charge is 0.124 e. The monoisotopic (exact) mass is 606 g/mol. The van der Waals surface area contributed by atoms with Crippen LogP contribution in [0, 0.1) is 5.82 Å². The Bertz CT molecular complexity index is 1830. The molecule has 3 heterocycles. The van der Waals surface area contributed by atoms with Crippen molar-refractivity contribution in [3.05, 3.63) is 106 Å². The third-order valence-corrected chi connectivity index (χ3v) is 7.98. The van der Waals surface area contributed by atoms with Crippen LogP contribution in [0.5, 0.6) is 0 Å². The maximum Gasteiger partial charge on any atom is 0.124 e. The van der Waals surface area contributed by atoms with Gasteiger partial charge in [0.05, 0.1) is 22.8 Å². The number of nitrogens with zero attached hydrogens (tertiary/aromatic N) is 4. The first-order valence-corrected chi connectivity index (χ1v) is 15.6. The van der Waals surface area contributed by atoms with Gasteiger partial charge in [-0.15, -0.1) is 0 Å². The zero-order chi connectivity index (χ0) is 32.5. The molecule has 3 aromatic heterocycles. The molecule has 236 valence electrons. The summed E-state index contributed by atoms with van der Waals surface area (Å²) in [7, 11) is 8.29. The Morgan fingerprint density at radius 3 is 2.49 bits per heavy atom. The van der Waals surface area contributed by atoms with Crippen LogP contribution in [-0.4, -0.2) is 71.2 Å². The molecular formula is C38H47FN6. The molecule has 1 aromatic carbocycles. The van der Waals surface area contributed by atoms with Crippen molar-refractivity contribution in [3.8, 4) is 22.5 Å². The first-order valence-electron chi connectivity index (χ1n) is 15.6. The van der Waals surface area contributed by atoms with Crippen LogP contribution in [0.25, 0.3) is 46.1 Å². The first-order chi connectivity index (χ1) is 21.6. The summed E-state index contributed by atoms with van der Waals surface area (Å²) in [6, 6.07) is 7.33. The molecule has 45 heavy (non-hydrogen) atoms. The summed E-state index contributed by atoms with van der Waals surface area (Å²) in [6.45, 7) is 14.5. The minimum atomic E-state index is -0.238. The van der Waals surface area contributed by atoms with Gasteiger partial charge in [0.15, 0.2) is 0 Å². The predicted molar refractivity (Wildman–Crippen MR) is 189 cm³/mol. The minimum absolute atomic E-state index is 0.238. The summed E-state index contributed by atoms with van der Waals surface area (Å²) < 4.78 is 14.7. The van der Waals surface area contributed by atoms with Crippen molar-refractivity contribution in [2.24, 2.45) is 0 Å². The van der Waals surface area contributed by atoms with Gasteiger partial charge in [-0.1, -0.05) is 43.5 Å². The molecule has 0 radical (unpaired) electrons. The van der Waals surface area contributed by atoms with Crippen molar-refractivity contribution in [2.75, 3.05) is 41.3 Å². The van der Waals surface area contributed by atoms with Crippen LogP contribution in [0.15, 0.2) is 84.3 Å². The maximum absolute atomic E-state index is 14.7. The summed E-state index contributed by atoms with van der Waals surface area (Å²) in [4.78, 5) is 12.3. The van der Waals surface area contributed by atoms with Crippen LogP contribution in [0.2, 0.25) is 0 Å². The van der Waals surface area contributed by atoms with Gasteiger partial charge in [-0.25, -0.2) is 4.39 Å². The Labute approximate surface area is 267 Å². The summed E-state index contributed by atoms with van der Waals surface area (Å²) >= 11 is 0. The van der Waals surface area contributed by atoms with E-state index in [0.717, 1.165) is 99.5 Å². The van der Waals surface area contributed by atoms with E-state index in [-0.39, 0.29) is 5.82 Å². The van der Waals surface area contributed by atoms with E-state index >= 15 is 0 Å². The number of aromatic amines is 2. The lowest BCUT2D eigenvalue weighted by Gasteiger charge is -2.10. The highest BCUT2D eigenvalue weighted by Crippen LogP contribution is 2.31. The molecule has 4 rings (SSSR count). The summed E-state index contributed by atoms with van der Waals surface area (Å²) in [5.41, 5.74) is 8.62. The van der Waals surface area contributed by atoms with Gasteiger partial charge >= 0.3 is 0 Å². The number of aryl methyl sites for hydroxylation is 1. The van der Waals surface area contributed by atoms with Crippen LogP contribution >= 0.6 is 0 Å². The third kappa shape index (κ3) is 8.87. The average Bonchev–Trinajstić information content (AvgIpc) is 3.59. The van der Waals surface area contributed by atoms with Gasteiger partial charge < -0.3 is 14.8 Å². The van der Waals surface area contributed by atoms with Crippen molar-refractivity contribution in [2.45, 2.75) is 39.5 Å². The van der Waals surface area contributed by atoms with Gasteiger partial charge in [0.2, 0.25) is 0 Å². The molecule has 0 spiro atoms. The first kappa shape index (κ1) is 33.6. The highest BCUT2D eigenvalue weighted by molar-refractivity contribution is 5.97. The van der Waals surface area contributed by atoms with Gasteiger partial charge in [0, 0.05) is 22.4 Å². The largest absolute Gasteiger partial charge is 0.352 e. The van der Waals surface area contributed by atoms with Crippen LogP contribution < -0.4 is 10.6 Å². The van der Waals surface area contributed by atoms with Crippen molar-refractivity contribution in [1.29, 1.82) is 0 Å². The lowest BCUT2D eigenvalue weighted by atomic mass is 9.99. The van der Waals surface area contributed by atoms with E-state index in [1.165, 1.54) is 5.57 Å². The zero-order valence-electron chi connectivity index (χ0n) is 27.7. The molecule has 7 heteroatoms. The van der Waals surface area contributed by atoms with Crippen LogP contribution in [0.4, 0.5) is 4.39 Å². The molecule has 0 aliphatic heterocycles. The quantitative estimate of drug-likeness (QED) is 0.155. The molecule has 0 amide bonds. The molecule has 0 bridgehead atoms. The van der Waals surface area contributed by atoms with Crippen LogP contribution in [0.1, 0.15) is 38.7 Å². The number of nitrogens with one attached hydrogen (secondary N) is 2. The van der Waals surface area contributed by atoms with Crippen LogP contribution in [-0.2, 0) is 6.42 Å². The molecule has 0 fully saturated rings. The number of fused-ring (bicyclic) bond motifs is 1. The van der Waals surface area contributed by atoms with E-state index in [9.17, 15) is 4.39 Å². The maximum atomic E-state index is 14.7. The number of hydrogen-bond acceptors (Lipinski definition) is 4. The summed E-state index contributed by atoms with van der Waals surface area (Å²) in [6.07, 6.45) is 17.8. The number of hydrogen-bond donors (Lipinski definition) is 2. The fourth-order valence-electron chi connectivity index (χ4n) is 5.46. The topological polar surface area (TPSA) is 63.8 Å². The minimum Gasteiger partial charge on any atom is -0.352 e. The molecule has 0 saturated carbocycles. The highest BCUT2D eigenvalue weighted by atomic mass is 19.1. The van der Waals surface area contributed by atoms with Crippen molar-refractivity contribution in [3.63, 3.8) is 0 Å².